The van der Waals surface area contributed by atoms with Gasteiger partial charge in [0.15, 0.2) is 5.05 Å². The highest BCUT2D eigenvalue weighted by molar-refractivity contribution is 7.80. The molecule has 0 amide bonds. The Morgan fingerprint density at radius 2 is 1.06 bits per heavy atom. The van der Waals surface area contributed by atoms with E-state index in [1.54, 1.807) is 0 Å². The quantitative estimate of drug-likeness (QED) is 0.314. The maximum absolute atomic E-state index is 8.85. The molecule has 0 radical (unpaired) electrons. The van der Waals surface area contributed by atoms with Gasteiger partial charge in [0, 0.05) is 6.42 Å². The van der Waals surface area contributed by atoms with Crippen molar-refractivity contribution in [1.82, 2.24) is 0 Å². The van der Waals surface area contributed by atoms with Crippen molar-refractivity contribution in [2.75, 3.05) is 0 Å². The molecular formula is C15H31ClOS. The molecular weight excluding hydrogens is 264 g/mol. The summed E-state index contributed by atoms with van der Waals surface area (Å²) in [5.74, 6) is 0. The molecule has 3 heteroatoms. The van der Waals surface area contributed by atoms with E-state index < -0.39 is 0 Å². The van der Waals surface area contributed by atoms with E-state index in [0.717, 1.165) is 6.42 Å². The molecule has 0 aromatic rings. The average molecular weight is 295 g/mol. The molecule has 0 aromatic carbocycles. The van der Waals surface area contributed by atoms with Crippen LogP contribution in [-0.4, -0.2) is 10.2 Å². The van der Waals surface area contributed by atoms with Crippen LogP contribution >= 0.6 is 24.6 Å². The Bertz CT molecular complexity index is 174. The lowest BCUT2D eigenvalue weighted by atomic mass is 10.0. The van der Waals surface area contributed by atoms with Gasteiger partial charge in [-0.2, -0.15) is 0 Å². The smallest absolute Gasteiger partial charge is 0.156 e. The molecule has 0 saturated carbocycles. The second-order valence-electron chi connectivity index (χ2n) is 5.03. The summed E-state index contributed by atoms with van der Waals surface area (Å²) < 4.78 is 0. The molecule has 110 valence electrons. The summed E-state index contributed by atoms with van der Waals surface area (Å²) in [6.45, 7) is 2.27. The maximum Gasteiger partial charge on any atom is 0.156 e. The van der Waals surface area contributed by atoms with E-state index in [-0.39, 0.29) is 17.5 Å². The molecule has 0 unspecified atom stereocenters. The summed E-state index contributed by atoms with van der Waals surface area (Å²) in [6, 6.07) is 0. The number of hydrogen-bond donors (Lipinski definition) is 1. The molecule has 18 heavy (non-hydrogen) atoms. The normalized spacial score (nSPS) is 10.1. The van der Waals surface area contributed by atoms with Gasteiger partial charge in [-0.25, -0.2) is 0 Å². The van der Waals surface area contributed by atoms with Crippen molar-refractivity contribution in [3.05, 3.63) is 0 Å². The second kappa shape index (κ2) is 17.2. The fraction of sp³-hybridized carbons (Fsp3) is 0.933. The molecule has 0 aromatic heterocycles. The van der Waals surface area contributed by atoms with Crippen molar-refractivity contribution < 1.29 is 5.11 Å². The Balaban J connectivity index is 0. The molecule has 0 atom stereocenters. The lowest BCUT2D eigenvalue weighted by Gasteiger charge is -2.02. The molecule has 0 aliphatic heterocycles. The topological polar surface area (TPSA) is 20.2 Å². The molecule has 0 saturated heterocycles. The van der Waals surface area contributed by atoms with Crippen LogP contribution in [0.4, 0.5) is 0 Å². The van der Waals surface area contributed by atoms with Gasteiger partial charge < -0.3 is 5.11 Å². The molecule has 0 rings (SSSR count). The molecule has 1 N–H and O–H groups in total. The van der Waals surface area contributed by atoms with Crippen molar-refractivity contribution in [1.29, 1.82) is 0 Å². The first-order chi connectivity index (χ1) is 8.27. The highest BCUT2D eigenvalue weighted by Crippen LogP contribution is 2.12. The summed E-state index contributed by atoms with van der Waals surface area (Å²) >= 11 is 4.63. The van der Waals surface area contributed by atoms with E-state index in [2.05, 4.69) is 19.1 Å². The van der Waals surface area contributed by atoms with Gasteiger partial charge in [0.2, 0.25) is 0 Å². The molecule has 0 aliphatic rings. The van der Waals surface area contributed by atoms with Crippen LogP contribution in [0.2, 0.25) is 0 Å². The SMILES string of the molecule is CCCCCCCCCCCCCCC(O)=S.Cl. The Morgan fingerprint density at radius 3 is 1.39 bits per heavy atom. The zero-order chi connectivity index (χ0) is 12.8. The van der Waals surface area contributed by atoms with Gasteiger partial charge in [0.25, 0.3) is 0 Å². The number of aliphatic hydroxyl groups is 1. The third-order valence-electron chi connectivity index (χ3n) is 3.24. The van der Waals surface area contributed by atoms with Crippen LogP contribution < -0.4 is 0 Å². The second-order valence-corrected chi connectivity index (χ2v) is 5.50. The van der Waals surface area contributed by atoms with Gasteiger partial charge in [-0.15, -0.1) is 12.4 Å². The summed E-state index contributed by atoms with van der Waals surface area (Å²) in [5, 5.41) is 9.02. The lowest BCUT2D eigenvalue weighted by Crippen LogP contribution is -1.90. The van der Waals surface area contributed by atoms with Crippen molar-refractivity contribution in [3.63, 3.8) is 0 Å². The molecule has 1 nitrogen and oxygen atoms in total. The predicted molar refractivity (Wildman–Crippen MR) is 88.2 cm³/mol. The number of unbranched alkanes of at least 4 members (excludes halogenated alkanes) is 11. The van der Waals surface area contributed by atoms with Crippen LogP contribution in [0.5, 0.6) is 0 Å². The number of thiocarbonyl (C=S) groups is 1. The predicted octanol–water partition coefficient (Wildman–Crippen LogP) is 6.38. The molecule has 0 fully saturated rings. The summed E-state index contributed by atoms with van der Waals surface area (Å²) in [4.78, 5) is 0. The van der Waals surface area contributed by atoms with Gasteiger partial charge >= 0.3 is 0 Å². The third-order valence-corrected chi connectivity index (χ3v) is 3.45. The standard InChI is InChI=1S/C15H30OS.ClH/c1-2-3-4-5-6-7-8-9-10-11-12-13-14-15(16)17;/h2-14H2,1H3,(H,16,17);1H. The van der Waals surface area contributed by atoms with Gasteiger partial charge in [-0.3, -0.25) is 0 Å². The van der Waals surface area contributed by atoms with Crippen LogP contribution in [0.1, 0.15) is 90.4 Å². The van der Waals surface area contributed by atoms with E-state index in [0.29, 0.717) is 6.42 Å². The first kappa shape index (κ1) is 20.5. The summed E-state index contributed by atoms with van der Waals surface area (Å²) in [6.07, 6.45) is 16.9. The Labute approximate surface area is 125 Å². The minimum Gasteiger partial charge on any atom is -0.502 e. The first-order valence-electron chi connectivity index (χ1n) is 7.49. The molecule has 0 aliphatic carbocycles. The average Bonchev–Trinajstić information content (AvgIpc) is 2.30. The Hall–Kier alpha value is 0.180. The van der Waals surface area contributed by atoms with Crippen LogP contribution in [0.15, 0.2) is 0 Å². The molecule has 0 heterocycles. The Morgan fingerprint density at radius 1 is 0.722 bits per heavy atom. The van der Waals surface area contributed by atoms with Gasteiger partial charge in [-0.05, 0) is 18.6 Å². The lowest BCUT2D eigenvalue weighted by molar-refractivity contribution is 0.524. The number of rotatable bonds is 13. The van der Waals surface area contributed by atoms with E-state index in [9.17, 15) is 0 Å². The summed E-state index contributed by atoms with van der Waals surface area (Å²) in [7, 11) is 0. The molecule has 0 spiro atoms. The first-order valence-corrected chi connectivity index (χ1v) is 7.90. The van der Waals surface area contributed by atoms with E-state index >= 15 is 0 Å². The van der Waals surface area contributed by atoms with E-state index in [1.165, 1.54) is 70.6 Å². The fourth-order valence-electron chi connectivity index (χ4n) is 2.12. The minimum absolute atomic E-state index is 0. The number of halogens is 1. The number of aliphatic hydroxyl groups excluding tert-OH is 1. The molecule has 0 bridgehead atoms. The summed E-state index contributed by atoms with van der Waals surface area (Å²) in [5.41, 5.74) is 0. The van der Waals surface area contributed by atoms with Crippen LogP contribution in [0.3, 0.4) is 0 Å². The van der Waals surface area contributed by atoms with Crippen LogP contribution in [0.25, 0.3) is 0 Å². The van der Waals surface area contributed by atoms with Crippen molar-refractivity contribution >= 4 is 29.7 Å². The van der Waals surface area contributed by atoms with Crippen molar-refractivity contribution in [3.8, 4) is 0 Å². The highest BCUT2D eigenvalue weighted by Gasteiger charge is 1.94. The van der Waals surface area contributed by atoms with Gasteiger partial charge in [0.05, 0.1) is 0 Å². The number of hydrogen-bond acceptors (Lipinski definition) is 1. The van der Waals surface area contributed by atoms with Gasteiger partial charge in [0.1, 0.15) is 0 Å². The zero-order valence-electron chi connectivity index (χ0n) is 12.0. The third kappa shape index (κ3) is 18.5. The van der Waals surface area contributed by atoms with Crippen LogP contribution in [0, 0.1) is 0 Å². The fourth-order valence-corrected chi connectivity index (χ4v) is 2.26. The van der Waals surface area contributed by atoms with Gasteiger partial charge in [-0.1, -0.05) is 77.6 Å². The largest absolute Gasteiger partial charge is 0.502 e. The van der Waals surface area contributed by atoms with E-state index in [4.69, 9.17) is 5.11 Å². The van der Waals surface area contributed by atoms with Crippen LogP contribution in [-0.2, 0) is 0 Å². The maximum atomic E-state index is 8.85. The van der Waals surface area contributed by atoms with E-state index in [1.807, 2.05) is 0 Å². The zero-order valence-corrected chi connectivity index (χ0v) is 13.6. The minimum atomic E-state index is 0. The monoisotopic (exact) mass is 294 g/mol. The van der Waals surface area contributed by atoms with Crippen molar-refractivity contribution in [2.24, 2.45) is 0 Å². The van der Waals surface area contributed by atoms with Crippen molar-refractivity contribution in [2.45, 2.75) is 90.4 Å². The highest BCUT2D eigenvalue weighted by atomic mass is 35.5. The Kier molecular flexibility index (Phi) is 19.6.